The Morgan fingerprint density at radius 1 is 1.33 bits per heavy atom. The van der Waals surface area contributed by atoms with E-state index in [0.29, 0.717) is 12.5 Å². The highest BCUT2D eigenvalue weighted by molar-refractivity contribution is 14.0. The van der Waals surface area contributed by atoms with Crippen LogP contribution < -0.4 is 15.4 Å². The number of fused-ring (bicyclic) bond motifs is 1. The van der Waals surface area contributed by atoms with Crippen molar-refractivity contribution < 1.29 is 13.2 Å². The highest BCUT2D eigenvalue weighted by Gasteiger charge is 2.34. The lowest BCUT2D eigenvalue weighted by Crippen LogP contribution is -2.46. The first-order valence-corrected chi connectivity index (χ1v) is 10.9. The van der Waals surface area contributed by atoms with Crippen LogP contribution in [0.1, 0.15) is 52.6 Å². The van der Waals surface area contributed by atoms with Crippen LogP contribution in [0.25, 0.3) is 0 Å². The second kappa shape index (κ2) is 8.98. The molecule has 0 aromatic heterocycles. The minimum Gasteiger partial charge on any atom is -0.487 e. The van der Waals surface area contributed by atoms with E-state index in [-0.39, 0.29) is 42.2 Å². The summed E-state index contributed by atoms with van der Waals surface area (Å²) >= 11 is 0. The number of benzene rings is 1. The predicted molar refractivity (Wildman–Crippen MR) is 122 cm³/mol. The second-order valence-electron chi connectivity index (χ2n) is 8.03. The standard InChI is InChI=1S/C19H31N3O3S.HI/c1-7-20-17(21-13-19(4,5)26(6,23)24)22-15-12-18(2,3)25-16-11-9-8-10-14(15)16;/h8-11,15H,7,12-13H2,1-6H3,(H2,20,21,22);1H. The highest BCUT2D eigenvalue weighted by Crippen LogP contribution is 2.39. The number of guanidine groups is 1. The van der Waals surface area contributed by atoms with Crippen molar-refractivity contribution in [3.8, 4) is 5.75 Å². The van der Waals surface area contributed by atoms with E-state index >= 15 is 0 Å². The lowest BCUT2D eigenvalue weighted by Gasteiger charge is -2.38. The molecular weight excluding hydrogens is 477 g/mol. The van der Waals surface area contributed by atoms with Crippen LogP contribution in [0.3, 0.4) is 0 Å². The molecule has 27 heavy (non-hydrogen) atoms. The summed E-state index contributed by atoms with van der Waals surface area (Å²) in [6.45, 7) is 10.4. The van der Waals surface area contributed by atoms with Crippen molar-refractivity contribution in [2.24, 2.45) is 4.99 Å². The summed E-state index contributed by atoms with van der Waals surface area (Å²) in [4.78, 5) is 4.54. The third-order valence-electron chi connectivity index (χ3n) is 4.65. The summed E-state index contributed by atoms with van der Waals surface area (Å²) in [6, 6.07) is 8.01. The Bertz CT molecular complexity index is 776. The van der Waals surface area contributed by atoms with Crippen LogP contribution in [0, 0.1) is 0 Å². The second-order valence-corrected chi connectivity index (χ2v) is 10.7. The van der Waals surface area contributed by atoms with Crippen molar-refractivity contribution >= 4 is 39.8 Å². The molecule has 2 N–H and O–H groups in total. The molecule has 1 aliphatic rings. The minimum absolute atomic E-state index is 0. The lowest BCUT2D eigenvalue weighted by molar-refractivity contribution is 0.0694. The van der Waals surface area contributed by atoms with E-state index in [1.54, 1.807) is 13.8 Å². The van der Waals surface area contributed by atoms with Crippen molar-refractivity contribution in [2.45, 2.75) is 57.4 Å². The van der Waals surface area contributed by atoms with Gasteiger partial charge in [-0.1, -0.05) is 18.2 Å². The van der Waals surface area contributed by atoms with Crippen LogP contribution in [0.2, 0.25) is 0 Å². The minimum atomic E-state index is -3.20. The van der Waals surface area contributed by atoms with Crippen molar-refractivity contribution in [1.82, 2.24) is 10.6 Å². The summed E-state index contributed by atoms with van der Waals surface area (Å²) in [5.74, 6) is 1.48. The molecule has 0 fully saturated rings. The van der Waals surface area contributed by atoms with E-state index in [9.17, 15) is 8.42 Å². The van der Waals surface area contributed by atoms with Gasteiger partial charge in [-0.3, -0.25) is 4.99 Å². The Labute approximate surface area is 180 Å². The quantitative estimate of drug-likeness (QED) is 0.362. The molecule has 0 spiro atoms. The average Bonchev–Trinajstić information content (AvgIpc) is 2.50. The van der Waals surface area contributed by atoms with Gasteiger partial charge in [-0.05, 0) is 40.7 Å². The van der Waals surface area contributed by atoms with E-state index in [1.165, 1.54) is 6.26 Å². The highest BCUT2D eigenvalue weighted by atomic mass is 127. The van der Waals surface area contributed by atoms with E-state index < -0.39 is 14.6 Å². The fourth-order valence-electron chi connectivity index (χ4n) is 2.80. The Balaban J connectivity index is 0.00000364. The van der Waals surface area contributed by atoms with E-state index in [2.05, 4.69) is 29.5 Å². The molecule has 1 aromatic carbocycles. The number of halogens is 1. The zero-order chi connectivity index (χ0) is 19.6. The Kier molecular flexibility index (Phi) is 7.99. The Morgan fingerprint density at radius 2 is 1.96 bits per heavy atom. The number of ether oxygens (including phenoxy) is 1. The van der Waals surface area contributed by atoms with Gasteiger partial charge in [0, 0.05) is 24.8 Å². The van der Waals surface area contributed by atoms with Crippen molar-refractivity contribution in [1.29, 1.82) is 0 Å². The molecule has 1 heterocycles. The summed E-state index contributed by atoms with van der Waals surface area (Å²) in [6.07, 6.45) is 2.03. The maximum absolute atomic E-state index is 11.9. The molecule has 0 radical (unpaired) electrons. The average molecular weight is 509 g/mol. The van der Waals surface area contributed by atoms with Crippen LogP contribution in [0.5, 0.6) is 5.75 Å². The summed E-state index contributed by atoms with van der Waals surface area (Å²) < 4.78 is 29.0. The SMILES string of the molecule is CCNC(=NCC(C)(C)S(C)(=O)=O)NC1CC(C)(C)Oc2ccccc21.I. The number of nitrogens with zero attached hydrogens (tertiary/aromatic N) is 1. The van der Waals surface area contributed by atoms with Gasteiger partial charge in [-0.2, -0.15) is 0 Å². The van der Waals surface area contributed by atoms with Crippen LogP contribution in [0.15, 0.2) is 29.3 Å². The molecule has 1 atom stereocenters. The van der Waals surface area contributed by atoms with E-state index in [0.717, 1.165) is 17.7 Å². The number of hydrogen-bond donors (Lipinski definition) is 2. The Morgan fingerprint density at radius 3 is 2.56 bits per heavy atom. The van der Waals surface area contributed by atoms with Gasteiger partial charge in [0.15, 0.2) is 15.8 Å². The lowest BCUT2D eigenvalue weighted by atomic mass is 9.90. The van der Waals surface area contributed by atoms with Crippen LogP contribution in [0.4, 0.5) is 0 Å². The first-order chi connectivity index (χ1) is 12.0. The zero-order valence-corrected chi connectivity index (χ0v) is 20.1. The molecule has 0 saturated carbocycles. The van der Waals surface area contributed by atoms with Gasteiger partial charge >= 0.3 is 0 Å². The third kappa shape index (κ3) is 6.23. The van der Waals surface area contributed by atoms with Crippen molar-refractivity contribution in [3.05, 3.63) is 29.8 Å². The molecule has 0 bridgehead atoms. The molecule has 6 nitrogen and oxygen atoms in total. The molecule has 0 aliphatic carbocycles. The summed E-state index contributed by atoms with van der Waals surface area (Å²) in [5.41, 5.74) is 0.787. The van der Waals surface area contributed by atoms with Gasteiger partial charge in [0.05, 0.1) is 17.3 Å². The third-order valence-corrected chi connectivity index (χ3v) is 6.79. The normalized spacial score (nSPS) is 19.3. The first-order valence-electron chi connectivity index (χ1n) is 8.97. The van der Waals surface area contributed by atoms with Gasteiger partial charge in [0.25, 0.3) is 0 Å². The van der Waals surface area contributed by atoms with Crippen LogP contribution >= 0.6 is 24.0 Å². The molecular formula is C19H32IN3O3S. The number of rotatable bonds is 5. The zero-order valence-electron chi connectivity index (χ0n) is 17.0. The number of nitrogens with one attached hydrogen (secondary N) is 2. The maximum Gasteiger partial charge on any atom is 0.191 e. The van der Waals surface area contributed by atoms with Gasteiger partial charge in [-0.25, -0.2) is 8.42 Å². The maximum atomic E-state index is 11.9. The number of sulfone groups is 1. The number of hydrogen-bond acceptors (Lipinski definition) is 4. The monoisotopic (exact) mass is 509 g/mol. The molecule has 0 amide bonds. The summed E-state index contributed by atoms with van der Waals surface area (Å²) in [7, 11) is -3.20. The fraction of sp³-hybridized carbons (Fsp3) is 0.632. The Hall–Kier alpha value is -1.03. The number of aliphatic imine (C=N–C) groups is 1. The number of para-hydroxylation sites is 1. The van der Waals surface area contributed by atoms with Gasteiger partial charge in [0.1, 0.15) is 11.4 Å². The molecule has 2 rings (SSSR count). The summed E-state index contributed by atoms with van der Waals surface area (Å²) in [5, 5.41) is 6.67. The smallest absolute Gasteiger partial charge is 0.191 e. The van der Waals surface area contributed by atoms with Crippen molar-refractivity contribution in [3.63, 3.8) is 0 Å². The van der Waals surface area contributed by atoms with Gasteiger partial charge in [0.2, 0.25) is 0 Å². The van der Waals surface area contributed by atoms with Crippen LogP contribution in [-0.4, -0.2) is 44.1 Å². The van der Waals surface area contributed by atoms with E-state index in [4.69, 9.17) is 4.74 Å². The van der Waals surface area contributed by atoms with Crippen LogP contribution in [-0.2, 0) is 9.84 Å². The predicted octanol–water partition coefficient (Wildman–Crippen LogP) is 3.29. The van der Waals surface area contributed by atoms with Gasteiger partial charge < -0.3 is 15.4 Å². The van der Waals surface area contributed by atoms with Crippen molar-refractivity contribution in [2.75, 3.05) is 19.3 Å². The molecule has 1 aliphatic heterocycles. The largest absolute Gasteiger partial charge is 0.487 e. The van der Waals surface area contributed by atoms with E-state index in [1.807, 2.05) is 31.2 Å². The fourth-order valence-corrected chi connectivity index (χ4v) is 3.10. The molecule has 154 valence electrons. The molecule has 1 aromatic rings. The first kappa shape index (κ1) is 24.0. The van der Waals surface area contributed by atoms with Gasteiger partial charge in [-0.15, -0.1) is 24.0 Å². The molecule has 0 saturated heterocycles. The molecule has 8 heteroatoms. The molecule has 1 unspecified atom stereocenters. The topological polar surface area (TPSA) is 79.8 Å².